The summed E-state index contributed by atoms with van der Waals surface area (Å²) < 4.78 is 27.0. The van der Waals surface area contributed by atoms with Gasteiger partial charge in [0.05, 0.1) is 0 Å². The molecule has 0 saturated heterocycles. The van der Waals surface area contributed by atoms with E-state index in [2.05, 4.69) is 15.6 Å². The minimum atomic E-state index is -3.65. The maximum absolute atomic E-state index is 12.2. The lowest BCUT2D eigenvalue weighted by molar-refractivity contribution is 0.0846. The number of carbonyl (C=O) groups excluding carboxylic acids is 2. The lowest BCUT2D eigenvalue weighted by atomic mass is 10.1. The van der Waals surface area contributed by atoms with Gasteiger partial charge in [-0.1, -0.05) is 23.8 Å². The highest BCUT2D eigenvalue weighted by Crippen LogP contribution is 2.20. The number of thiophene rings is 1. The summed E-state index contributed by atoms with van der Waals surface area (Å²) in [5.41, 5.74) is 6.70. The second-order valence-corrected chi connectivity index (χ2v) is 8.75. The van der Waals surface area contributed by atoms with Gasteiger partial charge in [0.15, 0.2) is 0 Å². The van der Waals surface area contributed by atoms with Crippen molar-refractivity contribution in [2.24, 2.45) is 0 Å². The van der Waals surface area contributed by atoms with E-state index in [1.54, 1.807) is 35.7 Å². The average Bonchev–Trinajstić information content (AvgIpc) is 3.22. The molecule has 9 heteroatoms. The van der Waals surface area contributed by atoms with E-state index in [1.807, 2.05) is 6.92 Å². The molecule has 3 rings (SSSR count). The molecular formula is C19H17N3O4S2. The molecule has 2 amide bonds. The van der Waals surface area contributed by atoms with E-state index in [4.69, 9.17) is 0 Å². The van der Waals surface area contributed by atoms with Gasteiger partial charge in [-0.15, -0.1) is 11.3 Å². The molecule has 0 fully saturated rings. The van der Waals surface area contributed by atoms with Gasteiger partial charge >= 0.3 is 0 Å². The van der Waals surface area contributed by atoms with Crippen LogP contribution < -0.4 is 15.6 Å². The molecule has 1 aromatic heterocycles. The van der Waals surface area contributed by atoms with Gasteiger partial charge in [0.25, 0.3) is 21.8 Å². The Morgan fingerprint density at radius 2 is 1.36 bits per heavy atom. The van der Waals surface area contributed by atoms with Crippen molar-refractivity contribution < 1.29 is 18.0 Å². The molecule has 3 aromatic rings. The molecule has 0 unspecified atom stereocenters. The second kappa shape index (κ2) is 8.24. The Morgan fingerprint density at radius 3 is 1.86 bits per heavy atom. The standard InChI is InChI=1S/C19H17N3O4S2/c1-13-4-6-14(7-5-13)18(23)20-21-19(24)15-8-10-16(11-9-15)22-28(25,26)17-3-2-12-27-17/h2-12,22H,1H3,(H,20,23)(H,21,24). The summed E-state index contributed by atoms with van der Waals surface area (Å²) in [5, 5.41) is 1.67. The summed E-state index contributed by atoms with van der Waals surface area (Å²) in [6.07, 6.45) is 0. The number of nitrogens with one attached hydrogen (secondary N) is 3. The van der Waals surface area contributed by atoms with Gasteiger partial charge < -0.3 is 0 Å². The molecule has 0 aliphatic heterocycles. The molecule has 144 valence electrons. The van der Waals surface area contributed by atoms with Crippen molar-refractivity contribution in [2.45, 2.75) is 11.1 Å². The largest absolute Gasteiger partial charge is 0.279 e. The minimum Gasteiger partial charge on any atom is -0.279 e. The zero-order valence-corrected chi connectivity index (χ0v) is 16.4. The van der Waals surface area contributed by atoms with E-state index >= 15 is 0 Å². The van der Waals surface area contributed by atoms with Gasteiger partial charge in [0, 0.05) is 16.8 Å². The van der Waals surface area contributed by atoms with Crippen molar-refractivity contribution in [2.75, 3.05) is 4.72 Å². The van der Waals surface area contributed by atoms with E-state index < -0.39 is 21.8 Å². The molecule has 0 bridgehead atoms. The first-order valence-corrected chi connectivity index (χ1v) is 10.6. The summed E-state index contributed by atoms with van der Waals surface area (Å²) in [6.45, 7) is 1.91. The Kier molecular flexibility index (Phi) is 5.76. The average molecular weight is 415 g/mol. The van der Waals surface area contributed by atoms with Gasteiger partial charge in [-0.25, -0.2) is 8.42 Å². The van der Waals surface area contributed by atoms with Crippen molar-refractivity contribution in [3.8, 4) is 0 Å². The van der Waals surface area contributed by atoms with Gasteiger partial charge in [-0.3, -0.25) is 25.2 Å². The first-order valence-electron chi connectivity index (χ1n) is 8.19. The lowest BCUT2D eigenvalue weighted by Gasteiger charge is -2.09. The third kappa shape index (κ3) is 4.76. The fourth-order valence-corrected chi connectivity index (χ4v) is 4.33. The van der Waals surface area contributed by atoms with Crippen LogP contribution in [-0.2, 0) is 10.0 Å². The monoisotopic (exact) mass is 415 g/mol. The first kappa shape index (κ1) is 19.6. The molecular weight excluding hydrogens is 398 g/mol. The molecule has 7 nitrogen and oxygen atoms in total. The highest BCUT2D eigenvalue weighted by Gasteiger charge is 2.15. The van der Waals surface area contributed by atoms with E-state index in [-0.39, 0.29) is 9.77 Å². The summed E-state index contributed by atoms with van der Waals surface area (Å²) in [4.78, 5) is 24.2. The predicted molar refractivity (Wildman–Crippen MR) is 108 cm³/mol. The summed E-state index contributed by atoms with van der Waals surface area (Å²) in [7, 11) is -3.65. The van der Waals surface area contributed by atoms with E-state index in [1.165, 1.54) is 30.3 Å². The van der Waals surface area contributed by atoms with Crippen molar-refractivity contribution >= 4 is 38.9 Å². The number of rotatable bonds is 5. The van der Waals surface area contributed by atoms with Crippen LogP contribution >= 0.6 is 11.3 Å². The molecule has 0 atom stereocenters. The van der Waals surface area contributed by atoms with Crippen LogP contribution in [-0.4, -0.2) is 20.2 Å². The molecule has 0 aliphatic carbocycles. The van der Waals surface area contributed by atoms with Crippen LogP contribution in [0.15, 0.2) is 70.3 Å². The topological polar surface area (TPSA) is 104 Å². The number of hydrogen-bond acceptors (Lipinski definition) is 5. The molecule has 0 radical (unpaired) electrons. The van der Waals surface area contributed by atoms with Crippen LogP contribution in [0.5, 0.6) is 0 Å². The summed E-state index contributed by atoms with van der Waals surface area (Å²) >= 11 is 1.11. The van der Waals surface area contributed by atoms with Gasteiger partial charge in [0.2, 0.25) is 0 Å². The highest BCUT2D eigenvalue weighted by molar-refractivity contribution is 7.94. The number of hydrogen-bond donors (Lipinski definition) is 3. The van der Waals surface area contributed by atoms with Crippen LogP contribution in [0, 0.1) is 6.92 Å². The fraction of sp³-hybridized carbons (Fsp3) is 0.0526. The van der Waals surface area contributed by atoms with Crippen LogP contribution in [0.4, 0.5) is 5.69 Å². The Balaban J connectivity index is 1.59. The molecule has 28 heavy (non-hydrogen) atoms. The number of carbonyl (C=O) groups is 2. The van der Waals surface area contributed by atoms with Gasteiger partial charge in [0.1, 0.15) is 4.21 Å². The highest BCUT2D eigenvalue weighted by atomic mass is 32.2. The van der Waals surface area contributed by atoms with E-state index in [9.17, 15) is 18.0 Å². The van der Waals surface area contributed by atoms with Gasteiger partial charge in [-0.2, -0.15) is 0 Å². The first-order chi connectivity index (χ1) is 13.3. The predicted octanol–water partition coefficient (Wildman–Crippen LogP) is 2.93. The fourth-order valence-electron chi connectivity index (χ4n) is 2.27. The third-order valence-corrected chi connectivity index (χ3v) is 6.54. The quantitative estimate of drug-likeness (QED) is 0.557. The Morgan fingerprint density at radius 1 is 0.821 bits per heavy atom. The number of sulfonamides is 1. The summed E-state index contributed by atoms with van der Waals surface area (Å²) in [5.74, 6) is -0.957. The van der Waals surface area contributed by atoms with Crippen molar-refractivity contribution in [3.63, 3.8) is 0 Å². The maximum atomic E-state index is 12.2. The third-order valence-electron chi connectivity index (χ3n) is 3.76. The normalized spacial score (nSPS) is 10.9. The Bertz CT molecular complexity index is 1080. The number of hydrazine groups is 1. The zero-order chi connectivity index (χ0) is 20.1. The molecule has 1 heterocycles. The number of benzene rings is 2. The maximum Gasteiger partial charge on any atom is 0.271 e. The lowest BCUT2D eigenvalue weighted by Crippen LogP contribution is -2.41. The molecule has 0 saturated carbocycles. The Hall–Kier alpha value is -3.17. The van der Waals surface area contributed by atoms with E-state index in [0.717, 1.165) is 16.9 Å². The number of aryl methyl sites for hydroxylation is 1. The minimum absolute atomic E-state index is 0.202. The zero-order valence-electron chi connectivity index (χ0n) is 14.8. The van der Waals surface area contributed by atoms with Crippen LogP contribution in [0.3, 0.4) is 0 Å². The smallest absolute Gasteiger partial charge is 0.271 e. The SMILES string of the molecule is Cc1ccc(C(=O)NNC(=O)c2ccc(NS(=O)(=O)c3cccs3)cc2)cc1. The number of amides is 2. The second-order valence-electron chi connectivity index (χ2n) is 5.89. The van der Waals surface area contributed by atoms with Crippen LogP contribution in [0.2, 0.25) is 0 Å². The van der Waals surface area contributed by atoms with Crippen LogP contribution in [0.25, 0.3) is 0 Å². The van der Waals surface area contributed by atoms with Gasteiger partial charge in [-0.05, 0) is 54.8 Å². The molecule has 3 N–H and O–H groups in total. The Labute approximate surface area is 166 Å². The number of anilines is 1. The van der Waals surface area contributed by atoms with Crippen molar-refractivity contribution in [1.29, 1.82) is 0 Å². The molecule has 2 aromatic carbocycles. The van der Waals surface area contributed by atoms with Crippen molar-refractivity contribution in [1.82, 2.24) is 10.9 Å². The van der Waals surface area contributed by atoms with E-state index in [0.29, 0.717) is 11.3 Å². The summed E-state index contributed by atoms with van der Waals surface area (Å²) in [6, 6.07) is 15.9. The molecule has 0 spiro atoms. The molecule has 0 aliphatic rings. The van der Waals surface area contributed by atoms with Crippen molar-refractivity contribution in [3.05, 3.63) is 82.7 Å². The van der Waals surface area contributed by atoms with Crippen LogP contribution in [0.1, 0.15) is 26.3 Å².